The molecule has 0 spiro atoms. The van der Waals surface area contributed by atoms with Gasteiger partial charge in [-0.2, -0.15) is 0 Å². The van der Waals surface area contributed by atoms with Crippen molar-refractivity contribution in [1.29, 1.82) is 0 Å². The summed E-state index contributed by atoms with van der Waals surface area (Å²) >= 11 is 0. The van der Waals surface area contributed by atoms with Crippen molar-refractivity contribution in [2.45, 2.75) is 6.54 Å². The van der Waals surface area contributed by atoms with Gasteiger partial charge in [0.05, 0.1) is 0 Å². The van der Waals surface area contributed by atoms with Crippen LogP contribution in [0.4, 0.5) is 0 Å². The lowest BCUT2D eigenvalue weighted by atomic mass is 10.2. The molecule has 0 atom stereocenters. The lowest BCUT2D eigenvalue weighted by Crippen LogP contribution is -3.28. The van der Waals surface area contributed by atoms with Gasteiger partial charge in [-0.3, -0.25) is 0 Å². The van der Waals surface area contributed by atoms with Crippen LogP contribution in [0.2, 0.25) is 0 Å². The first-order valence-electron chi connectivity index (χ1n) is 6.39. The number of nitrogens with one attached hydrogen (secondary N) is 2. The van der Waals surface area contributed by atoms with Gasteiger partial charge in [-0.05, 0) is 0 Å². The molecule has 0 amide bonds. The highest BCUT2D eigenvalue weighted by atomic mass is 15.3. The summed E-state index contributed by atoms with van der Waals surface area (Å²) in [5, 5.41) is 0. The minimum Gasteiger partial charge on any atom is -0.353 e. The van der Waals surface area contributed by atoms with Gasteiger partial charge in [-0.1, -0.05) is 30.3 Å². The third-order valence-electron chi connectivity index (χ3n) is 3.49. The molecule has 0 radical (unpaired) electrons. The first-order chi connectivity index (χ1) is 7.88. The summed E-state index contributed by atoms with van der Waals surface area (Å²) in [5.41, 5.74) is 5.41. The summed E-state index contributed by atoms with van der Waals surface area (Å²) in [6.07, 6.45) is 0. The van der Waals surface area contributed by atoms with Gasteiger partial charge in [0.2, 0.25) is 0 Å². The largest absolute Gasteiger partial charge is 0.353 e. The lowest BCUT2D eigenvalue weighted by molar-refractivity contribution is -1.02. The van der Waals surface area contributed by atoms with E-state index in [-0.39, 0.29) is 0 Å². The zero-order valence-electron chi connectivity index (χ0n) is 10.0. The van der Waals surface area contributed by atoms with Gasteiger partial charge >= 0.3 is 0 Å². The van der Waals surface area contributed by atoms with Crippen molar-refractivity contribution in [2.24, 2.45) is 0 Å². The van der Waals surface area contributed by atoms with Crippen LogP contribution in [0.1, 0.15) is 5.56 Å². The third kappa shape index (κ3) is 3.30. The zero-order chi connectivity index (χ0) is 11.2. The highest BCUT2D eigenvalue weighted by Gasteiger charge is 2.22. The fourth-order valence-electron chi connectivity index (χ4n) is 2.52. The quantitative estimate of drug-likeness (QED) is 0.493. The smallest absolute Gasteiger partial charge is 0.127 e. The van der Waals surface area contributed by atoms with Gasteiger partial charge in [-0.15, -0.1) is 0 Å². The Balaban J connectivity index is 1.77. The molecule has 1 aliphatic heterocycles. The van der Waals surface area contributed by atoms with E-state index in [1.165, 1.54) is 44.8 Å². The highest BCUT2D eigenvalue weighted by molar-refractivity contribution is 5.13. The van der Waals surface area contributed by atoms with Gasteiger partial charge in [0.15, 0.2) is 0 Å². The second-order valence-electron chi connectivity index (χ2n) is 4.77. The van der Waals surface area contributed by atoms with Crippen LogP contribution in [-0.2, 0) is 6.54 Å². The van der Waals surface area contributed by atoms with Crippen LogP contribution in [-0.4, -0.2) is 39.3 Å². The maximum absolute atomic E-state index is 3.94. The Kier molecular flexibility index (Phi) is 4.34. The minimum absolute atomic E-state index is 1.07. The van der Waals surface area contributed by atoms with Gasteiger partial charge in [0.1, 0.15) is 45.8 Å². The summed E-state index contributed by atoms with van der Waals surface area (Å²) in [7, 11) is 0. The molecule has 16 heavy (non-hydrogen) atoms. The predicted octanol–water partition coefficient (Wildman–Crippen LogP) is -2.79. The molecule has 0 unspecified atom stereocenters. The van der Waals surface area contributed by atoms with Gasteiger partial charge in [0, 0.05) is 5.56 Å². The number of benzene rings is 1. The Morgan fingerprint density at radius 2 is 1.56 bits per heavy atom. The van der Waals surface area contributed by atoms with E-state index in [4.69, 9.17) is 0 Å². The van der Waals surface area contributed by atoms with Crippen LogP contribution in [0.3, 0.4) is 0 Å². The van der Waals surface area contributed by atoms with Crippen molar-refractivity contribution in [1.82, 2.24) is 0 Å². The SMILES string of the molecule is [NH3+]CC[NH+]1CC[NH+](Cc2ccccc2)CC1. The average Bonchev–Trinajstić information content (AvgIpc) is 2.33. The summed E-state index contributed by atoms with van der Waals surface area (Å²) in [5.74, 6) is 0. The molecular formula is C13H24N3+3. The van der Waals surface area contributed by atoms with E-state index in [1.807, 2.05) is 0 Å². The fraction of sp³-hybridized carbons (Fsp3) is 0.538. The number of quaternary nitrogens is 3. The molecular weight excluding hydrogens is 198 g/mol. The van der Waals surface area contributed by atoms with E-state index in [0.29, 0.717) is 0 Å². The van der Waals surface area contributed by atoms with E-state index in [9.17, 15) is 0 Å². The maximum atomic E-state index is 3.94. The van der Waals surface area contributed by atoms with Crippen LogP contribution in [0, 0.1) is 0 Å². The molecule has 88 valence electrons. The fourth-order valence-corrected chi connectivity index (χ4v) is 2.52. The number of hydrogen-bond donors (Lipinski definition) is 3. The third-order valence-corrected chi connectivity index (χ3v) is 3.49. The Hall–Kier alpha value is -0.900. The molecule has 0 aliphatic carbocycles. The molecule has 0 aromatic heterocycles. The molecule has 1 aromatic carbocycles. The van der Waals surface area contributed by atoms with E-state index in [0.717, 1.165) is 6.54 Å². The molecule has 3 nitrogen and oxygen atoms in total. The first-order valence-corrected chi connectivity index (χ1v) is 6.39. The Bertz CT molecular complexity index is 291. The number of piperazine rings is 1. The van der Waals surface area contributed by atoms with Crippen LogP contribution in [0.5, 0.6) is 0 Å². The van der Waals surface area contributed by atoms with Gasteiger partial charge in [0.25, 0.3) is 0 Å². The monoisotopic (exact) mass is 222 g/mol. The van der Waals surface area contributed by atoms with Crippen molar-refractivity contribution in [3.05, 3.63) is 35.9 Å². The van der Waals surface area contributed by atoms with Crippen LogP contribution in [0.25, 0.3) is 0 Å². The second kappa shape index (κ2) is 5.99. The van der Waals surface area contributed by atoms with E-state index < -0.39 is 0 Å². The lowest BCUT2D eigenvalue weighted by Gasteiger charge is -2.29. The molecule has 0 saturated carbocycles. The van der Waals surface area contributed by atoms with Crippen molar-refractivity contribution >= 4 is 0 Å². The van der Waals surface area contributed by atoms with Crippen LogP contribution < -0.4 is 15.5 Å². The number of hydrogen-bond acceptors (Lipinski definition) is 0. The summed E-state index contributed by atoms with van der Waals surface area (Å²) < 4.78 is 0. The molecule has 0 bridgehead atoms. The van der Waals surface area contributed by atoms with E-state index in [1.54, 1.807) is 9.80 Å². The van der Waals surface area contributed by atoms with Crippen molar-refractivity contribution < 1.29 is 15.5 Å². The number of rotatable bonds is 4. The molecule has 1 aliphatic rings. The molecule has 5 N–H and O–H groups in total. The average molecular weight is 222 g/mol. The van der Waals surface area contributed by atoms with Crippen molar-refractivity contribution in [3.63, 3.8) is 0 Å². The normalized spacial score (nSPS) is 25.6. The zero-order valence-corrected chi connectivity index (χ0v) is 10.0. The Morgan fingerprint density at radius 1 is 0.938 bits per heavy atom. The standard InChI is InChI=1S/C13H21N3/c14-6-7-15-8-10-16(11-9-15)12-13-4-2-1-3-5-13/h1-5H,6-12,14H2/p+3. The summed E-state index contributed by atoms with van der Waals surface area (Å²) in [6.45, 7) is 8.77. The van der Waals surface area contributed by atoms with Gasteiger partial charge < -0.3 is 15.5 Å². The molecule has 3 heteroatoms. The topological polar surface area (TPSA) is 36.5 Å². The van der Waals surface area contributed by atoms with Crippen molar-refractivity contribution in [2.75, 3.05) is 39.3 Å². The Morgan fingerprint density at radius 3 is 2.19 bits per heavy atom. The summed E-state index contributed by atoms with van der Waals surface area (Å²) in [4.78, 5) is 3.48. The minimum atomic E-state index is 1.07. The first kappa shape index (κ1) is 11.6. The second-order valence-corrected chi connectivity index (χ2v) is 4.77. The summed E-state index contributed by atoms with van der Waals surface area (Å²) in [6, 6.07) is 10.8. The van der Waals surface area contributed by atoms with Crippen LogP contribution in [0.15, 0.2) is 30.3 Å². The molecule has 1 fully saturated rings. The molecule has 1 heterocycles. The van der Waals surface area contributed by atoms with E-state index in [2.05, 4.69) is 36.1 Å². The predicted molar refractivity (Wildman–Crippen MR) is 64.2 cm³/mol. The molecule has 2 rings (SSSR count). The molecule has 1 aromatic rings. The molecule has 1 saturated heterocycles. The highest BCUT2D eigenvalue weighted by Crippen LogP contribution is 1.94. The maximum Gasteiger partial charge on any atom is 0.127 e. The van der Waals surface area contributed by atoms with Crippen molar-refractivity contribution in [3.8, 4) is 0 Å². The van der Waals surface area contributed by atoms with Crippen LogP contribution >= 0.6 is 0 Å². The van der Waals surface area contributed by atoms with Gasteiger partial charge in [-0.25, -0.2) is 0 Å². The van der Waals surface area contributed by atoms with E-state index >= 15 is 0 Å². The Labute approximate surface area is 97.8 Å².